The fraction of sp³-hybridized carbons (Fsp3) is 0.455. The number of carboxylic acid groups (broad SMARTS) is 2. The smallest absolute Gasteiger partial charge is 0.322 e. The molecule has 3 N–H and O–H groups in total. The molecule has 0 amide bonds. The lowest BCUT2D eigenvalue weighted by Gasteiger charge is -2.26. The van der Waals surface area contributed by atoms with E-state index in [4.69, 9.17) is 5.11 Å². The van der Waals surface area contributed by atoms with Gasteiger partial charge in [0.2, 0.25) is 10.0 Å². The molecule has 0 radical (unpaired) electrons. The summed E-state index contributed by atoms with van der Waals surface area (Å²) in [7, 11) is -4.27. The number of aliphatic carboxylic acids is 2. The zero-order valence-electron chi connectivity index (χ0n) is 17.9. The molecule has 0 aliphatic rings. The first kappa shape index (κ1) is 24.6. The van der Waals surface area contributed by atoms with Gasteiger partial charge in [-0.2, -0.15) is 4.72 Å². The van der Waals surface area contributed by atoms with Crippen LogP contribution in [0.25, 0.3) is 10.8 Å². The molecule has 2 rings (SSSR count). The molecule has 0 unspecified atom stereocenters. The Hall–Kier alpha value is -2.65. The van der Waals surface area contributed by atoms with E-state index >= 15 is 0 Å². The number of fused-ring (bicyclic) bond motifs is 1. The number of carboxylic acids is 2. The number of sulfonamides is 1. The molecule has 1 atom stereocenters. The fourth-order valence-corrected chi connectivity index (χ4v) is 4.84. The number of hydrogen-bond acceptors (Lipinski definition) is 5. The highest BCUT2D eigenvalue weighted by atomic mass is 32.2. The Morgan fingerprint density at radius 2 is 1.55 bits per heavy atom. The molecule has 0 aromatic heterocycles. The van der Waals surface area contributed by atoms with Crippen LogP contribution in [0.5, 0.6) is 0 Å². The third kappa shape index (κ3) is 6.41. The van der Waals surface area contributed by atoms with Gasteiger partial charge in [-0.15, -0.1) is 0 Å². The molecule has 0 fully saturated rings. The van der Waals surface area contributed by atoms with Crippen LogP contribution in [0.3, 0.4) is 0 Å². The van der Waals surface area contributed by atoms with Gasteiger partial charge in [0.25, 0.3) is 0 Å². The standard InChI is InChI=1S/C22H30N2O6S/c1-3-5-13-24(14-6-4-2)19-11-7-10-17-16(19)9-8-12-20(17)31(29,30)23-18(22(27)28)15-21(25)26/h7-12,18,23H,3-6,13-15H2,1-2H3,(H,25,26)(H,27,28)/t18-/m0/s1. The highest BCUT2D eigenvalue weighted by Crippen LogP contribution is 2.31. The maximum atomic E-state index is 13.0. The summed E-state index contributed by atoms with van der Waals surface area (Å²) in [5.41, 5.74) is 0.928. The monoisotopic (exact) mass is 450 g/mol. The fourth-order valence-electron chi connectivity index (χ4n) is 3.43. The van der Waals surface area contributed by atoms with Crippen molar-refractivity contribution >= 4 is 38.4 Å². The van der Waals surface area contributed by atoms with Gasteiger partial charge in [0, 0.05) is 29.5 Å². The SMILES string of the molecule is CCCCN(CCCC)c1cccc2c(S(=O)(=O)N[C@@H](CC(=O)O)C(=O)O)cccc12. The highest BCUT2D eigenvalue weighted by Gasteiger charge is 2.29. The zero-order chi connectivity index (χ0) is 23.0. The van der Waals surface area contributed by atoms with Crippen molar-refractivity contribution in [2.24, 2.45) is 0 Å². The van der Waals surface area contributed by atoms with Crippen LogP contribution in [0.2, 0.25) is 0 Å². The Bertz CT molecular complexity index is 1010. The van der Waals surface area contributed by atoms with E-state index in [2.05, 4.69) is 18.7 Å². The third-order valence-corrected chi connectivity index (χ3v) is 6.56. The Balaban J connectivity index is 2.51. The van der Waals surface area contributed by atoms with E-state index in [0.717, 1.165) is 49.8 Å². The number of nitrogens with one attached hydrogen (secondary N) is 1. The van der Waals surface area contributed by atoms with Crippen LogP contribution in [0, 0.1) is 0 Å². The van der Waals surface area contributed by atoms with Crippen molar-refractivity contribution < 1.29 is 28.2 Å². The van der Waals surface area contributed by atoms with Gasteiger partial charge in [-0.05, 0) is 25.0 Å². The summed E-state index contributed by atoms with van der Waals surface area (Å²) < 4.78 is 28.0. The molecule has 170 valence electrons. The van der Waals surface area contributed by atoms with E-state index in [-0.39, 0.29) is 4.90 Å². The summed E-state index contributed by atoms with van der Waals surface area (Å²) in [4.78, 5) is 24.5. The molecule has 0 heterocycles. The first-order chi connectivity index (χ1) is 14.7. The van der Waals surface area contributed by atoms with Crippen LogP contribution in [0.15, 0.2) is 41.3 Å². The van der Waals surface area contributed by atoms with Crippen molar-refractivity contribution in [1.29, 1.82) is 0 Å². The number of hydrogen-bond donors (Lipinski definition) is 3. The van der Waals surface area contributed by atoms with Gasteiger partial charge in [0.15, 0.2) is 0 Å². The Kier molecular flexibility index (Phi) is 8.82. The number of carbonyl (C=O) groups is 2. The van der Waals surface area contributed by atoms with Crippen molar-refractivity contribution in [2.45, 2.75) is 56.9 Å². The molecule has 0 spiro atoms. The Morgan fingerprint density at radius 3 is 2.10 bits per heavy atom. The number of nitrogens with zero attached hydrogens (tertiary/aromatic N) is 1. The van der Waals surface area contributed by atoms with E-state index in [1.807, 2.05) is 16.9 Å². The molecular weight excluding hydrogens is 420 g/mol. The van der Waals surface area contributed by atoms with Crippen LogP contribution in [0.4, 0.5) is 5.69 Å². The molecular formula is C22H30N2O6S. The second-order valence-electron chi connectivity index (χ2n) is 7.43. The Labute approximate surface area is 182 Å². The molecule has 0 saturated carbocycles. The summed E-state index contributed by atoms with van der Waals surface area (Å²) >= 11 is 0. The van der Waals surface area contributed by atoms with Gasteiger partial charge in [-0.3, -0.25) is 9.59 Å². The topological polar surface area (TPSA) is 124 Å². The van der Waals surface area contributed by atoms with E-state index in [1.54, 1.807) is 18.2 Å². The third-order valence-electron chi connectivity index (χ3n) is 5.03. The van der Waals surface area contributed by atoms with E-state index < -0.39 is 34.4 Å². The van der Waals surface area contributed by atoms with Gasteiger partial charge in [0.05, 0.1) is 11.3 Å². The van der Waals surface area contributed by atoms with Gasteiger partial charge in [0.1, 0.15) is 6.04 Å². The quantitative estimate of drug-likeness (QED) is 0.427. The maximum Gasteiger partial charge on any atom is 0.322 e. The minimum atomic E-state index is -4.27. The minimum absolute atomic E-state index is 0.0746. The molecule has 2 aromatic carbocycles. The summed E-state index contributed by atoms with van der Waals surface area (Å²) in [5.74, 6) is -2.95. The lowest BCUT2D eigenvalue weighted by molar-refractivity contribution is -0.145. The molecule has 9 heteroatoms. The van der Waals surface area contributed by atoms with Crippen LogP contribution in [0.1, 0.15) is 46.0 Å². The maximum absolute atomic E-state index is 13.0. The largest absolute Gasteiger partial charge is 0.481 e. The predicted molar refractivity (Wildman–Crippen MR) is 120 cm³/mol. The average molecular weight is 451 g/mol. The number of rotatable bonds is 13. The van der Waals surface area contributed by atoms with Crippen molar-refractivity contribution in [3.63, 3.8) is 0 Å². The normalized spacial score (nSPS) is 12.6. The first-order valence-electron chi connectivity index (χ1n) is 10.4. The lowest BCUT2D eigenvalue weighted by atomic mass is 10.1. The minimum Gasteiger partial charge on any atom is -0.481 e. The lowest BCUT2D eigenvalue weighted by Crippen LogP contribution is -2.42. The van der Waals surface area contributed by atoms with Crippen LogP contribution >= 0.6 is 0 Å². The van der Waals surface area contributed by atoms with Crippen LogP contribution < -0.4 is 9.62 Å². The van der Waals surface area contributed by atoms with E-state index in [9.17, 15) is 23.1 Å². The molecule has 0 bridgehead atoms. The Morgan fingerprint density at radius 1 is 0.968 bits per heavy atom. The molecule has 31 heavy (non-hydrogen) atoms. The molecule has 8 nitrogen and oxygen atoms in total. The second kappa shape index (κ2) is 11.1. The second-order valence-corrected chi connectivity index (χ2v) is 9.11. The van der Waals surface area contributed by atoms with Crippen molar-refractivity contribution in [3.8, 4) is 0 Å². The first-order valence-corrected chi connectivity index (χ1v) is 11.9. The van der Waals surface area contributed by atoms with Crippen molar-refractivity contribution in [2.75, 3.05) is 18.0 Å². The zero-order valence-corrected chi connectivity index (χ0v) is 18.7. The van der Waals surface area contributed by atoms with Crippen LogP contribution in [-0.2, 0) is 19.6 Å². The summed E-state index contributed by atoms with van der Waals surface area (Å²) in [5, 5.41) is 19.4. The molecule has 2 aromatic rings. The highest BCUT2D eigenvalue weighted by molar-refractivity contribution is 7.89. The summed E-state index contributed by atoms with van der Waals surface area (Å²) in [6.07, 6.45) is 3.24. The van der Waals surface area contributed by atoms with Crippen molar-refractivity contribution in [3.05, 3.63) is 36.4 Å². The summed E-state index contributed by atoms with van der Waals surface area (Å²) in [6.45, 7) is 5.94. The van der Waals surface area contributed by atoms with Gasteiger partial charge in [-0.1, -0.05) is 51.0 Å². The van der Waals surface area contributed by atoms with Crippen molar-refractivity contribution in [1.82, 2.24) is 4.72 Å². The predicted octanol–water partition coefficient (Wildman–Crippen LogP) is 3.45. The number of unbranched alkanes of at least 4 members (excludes halogenated alkanes) is 2. The number of benzene rings is 2. The van der Waals surface area contributed by atoms with E-state index in [1.165, 1.54) is 6.07 Å². The van der Waals surface area contributed by atoms with Crippen LogP contribution in [-0.4, -0.2) is 49.7 Å². The molecule has 0 aliphatic heterocycles. The number of anilines is 1. The molecule has 0 aliphatic carbocycles. The average Bonchev–Trinajstić information content (AvgIpc) is 2.72. The van der Waals surface area contributed by atoms with Gasteiger partial charge in [-0.25, -0.2) is 8.42 Å². The van der Waals surface area contributed by atoms with Gasteiger partial charge >= 0.3 is 11.9 Å². The van der Waals surface area contributed by atoms with E-state index in [0.29, 0.717) is 5.39 Å². The summed E-state index contributed by atoms with van der Waals surface area (Å²) in [6, 6.07) is 8.53. The van der Waals surface area contributed by atoms with Gasteiger partial charge < -0.3 is 15.1 Å². The molecule has 0 saturated heterocycles.